The first-order valence-electron chi connectivity index (χ1n) is 12.7. The molecule has 0 aliphatic heterocycles. The van der Waals surface area contributed by atoms with Crippen LogP contribution in [0.5, 0.6) is 0 Å². The lowest BCUT2D eigenvalue weighted by Crippen LogP contribution is -2.45. The molecule has 0 heterocycles. The summed E-state index contributed by atoms with van der Waals surface area (Å²) in [5.41, 5.74) is 1.42. The molecule has 2 heteroatoms. The number of aliphatic hydroxyl groups excluding tert-OH is 1. The van der Waals surface area contributed by atoms with Gasteiger partial charge < -0.3 is 10.2 Å². The molecule has 0 aromatic carbocycles. The first-order chi connectivity index (χ1) is 13.6. The van der Waals surface area contributed by atoms with Crippen molar-refractivity contribution >= 4 is 0 Å². The van der Waals surface area contributed by atoms with Crippen molar-refractivity contribution in [1.82, 2.24) is 0 Å². The predicted molar refractivity (Wildman–Crippen MR) is 123 cm³/mol. The third kappa shape index (κ3) is 5.48. The number of fused-ring (bicyclic) bond motifs is 3. The molecule has 7 atom stereocenters. The molecule has 2 saturated carbocycles. The molecule has 2 fully saturated rings. The third-order valence-electron chi connectivity index (χ3n) is 9.30. The maximum Gasteiger partial charge on any atom is 0.0591 e. The van der Waals surface area contributed by atoms with Crippen LogP contribution in [0.1, 0.15) is 112 Å². The van der Waals surface area contributed by atoms with Crippen molar-refractivity contribution < 1.29 is 10.2 Å². The minimum Gasteiger partial charge on any atom is -0.393 e. The quantitative estimate of drug-likeness (QED) is 0.432. The van der Waals surface area contributed by atoms with Crippen LogP contribution >= 0.6 is 0 Å². The zero-order chi connectivity index (χ0) is 21.2. The molecular weight excluding hydrogens is 356 g/mol. The Morgan fingerprint density at radius 3 is 2.66 bits per heavy atom. The predicted octanol–water partition coefficient (Wildman–Crippen LogP) is 6.89. The standard InChI is InChI=1S/C27H48O2/c1-6-20(19(2)14-16-26(3,4)29)10-11-21-8-7-9-25-24(21)13-12-22-18-23(28)15-17-27(22,25)5/h12,19-21,23-25,28-29H,6-11,13-18H2,1-5H3/t19?,20-,21?,23+,24?,25?,27+/m1/s1. The summed E-state index contributed by atoms with van der Waals surface area (Å²) in [6, 6.07) is 0. The molecule has 0 amide bonds. The van der Waals surface area contributed by atoms with Crippen molar-refractivity contribution in [3.63, 3.8) is 0 Å². The lowest BCUT2D eigenvalue weighted by atomic mass is 9.51. The van der Waals surface area contributed by atoms with E-state index < -0.39 is 5.60 Å². The Hall–Kier alpha value is -0.340. The first-order valence-corrected chi connectivity index (χ1v) is 12.7. The fraction of sp³-hybridized carbons (Fsp3) is 0.926. The maximum absolute atomic E-state index is 10.2. The van der Waals surface area contributed by atoms with Crippen LogP contribution in [0.25, 0.3) is 0 Å². The Kier molecular flexibility index (Phi) is 7.58. The normalized spacial score (nSPS) is 37.3. The van der Waals surface area contributed by atoms with E-state index in [9.17, 15) is 10.2 Å². The van der Waals surface area contributed by atoms with Gasteiger partial charge in [0.1, 0.15) is 0 Å². The van der Waals surface area contributed by atoms with Gasteiger partial charge in [-0.2, -0.15) is 0 Å². The molecule has 2 nitrogen and oxygen atoms in total. The molecule has 2 N–H and O–H groups in total. The van der Waals surface area contributed by atoms with Crippen molar-refractivity contribution in [2.24, 2.45) is 35.0 Å². The van der Waals surface area contributed by atoms with Crippen LogP contribution in [-0.4, -0.2) is 21.9 Å². The topological polar surface area (TPSA) is 40.5 Å². The minimum atomic E-state index is -0.529. The number of allylic oxidation sites excluding steroid dienone is 1. The highest BCUT2D eigenvalue weighted by molar-refractivity contribution is 5.24. The Morgan fingerprint density at radius 1 is 1.21 bits per heavy atom. The van der Waals surface area contributed by atoms with Crippen molar-refractivity contribution in [2.45, 2.75) is 123 Å². The van der Waals surface area contributed by atoms with Gasteiger partial charge in [0.25, 0.3) is 0 Å². The second kappa shape index (κ2) is 9.43. The summed E-state index contributed by atoms with van der Waals surface area (Å²) < 4.78 is 0. The van der Waals surface area contributed by atoms with Crippen LogP contribution < -0.4 is 0 Å². The molecule has 0 saturated heterocycles. The fourth-order valence-corrected chi connectivity index (χ4v) is 7.23. The number of aliphatic hydroxyl groups is 2. The molecule has 3 aliphatic carbocycles. The molecule has 29 heavy (non-hydrogen) atoms. The van der Waals surface area contributed by atoms with Gasteiger partial charge >= 0.3 is 0 Å². The van der Waals surface area contributed by atoms with Gasteiger partial charge in [-0.15, -0.1) is 0 Å². The van der Waals surface area contributed by atoms with Crippen molar-refractivity contribution in [2.75, 3.05) is 0 Å². The van der Waals surface area contributed by atoms with Gasteiger partial charge in [-0.3, -0.25) is 0 Å². The maximum atomic E-state index is 10.2. The van der Waals surface area contributed by atoms with Crippen LogP contribution in [0.15, 0.2) is 11.6 Å². The summed E-state index contributed by atoms with van der Waals surface area (Å²) in [5, 5.41) is 20.3. The van der Waals surface area contributed by atoms with E-state index in [2.05, 4.69) is 26.8 Å². The smallest absolute Gasteiger partial charge is 0.0591 e. The molecule has 0 aromatic rings. The zero-order valence-corrected chi connectivity index (χ0v) is 19.9. The second-order valence-corrected chi connectivity index (χ2v) is 11.8. The second-order valence-electron chi connectivity index (χ2n) is 11.8. The van der Waals surface area contributed by atoms with E-state index in [1.165, 1.54) is 51.4 Å². The number of hydrogen-bond acceptors (Lipinski definition) is 2. The van der Waals surface area contributed by atoms with E-state index in [0.717, 1.165) is 49.4 Å². The van der Waals surface area contributed by atoms with Crippen molar-refractivity contribution in [3.8, 4) is 0 Å². The summed E-state index contributed by atoms with van der Waals surface area (Å²) in [6.45, 7) is 11.2. The molecule has 4 unspecified atom stereocenters. The number of rotatable bonds is 8. The fourth-order valence-electron chi connectivity index (χ4n) is 7.23. The Bertz CT molecular complexity index is 559. The lowest BCUT2D eigenvalue weighted by Gasteiger charge is -2.54. The van der Waals surface area contributed by atoms with E-state index in [1.807, 2.05) is 13.8 Å². The molecule has 0 radical (unpaired) electrons. The van der Waals surface area contributed by atoms with Gasteiger partial charge in [-0.1, -0.05) is 51.7 Å². The monoisotopic (exact) mass is 404 g/mol. The van der Waals surface area contributed by atoms with Crippen molar-refractivity contribution in [1.29, 1.82) is 0 Å². The minimum absolute atomic E-state index is 0.0963. The van der Waals surface area contributed by atoms with Crippen LogP contribution in [0.4, 0.5) is 0 Å². The van der Waals surface area contributed by atoms with Crippen molar-refractivity contribution in [3.05, 3.63) is 11.6 Å². The van der Waals surface area contributed by atoms with Crippen LogP contribution in [-0.2, 0) is 0 Å². The van der Waals surface area contributed by atoms with Gasteiger partial charge in [0.05, 0.1) is 11.7 Å². The Labute approximate surface area is 180 Å². The van der Waals surface area contributed by atoms with Gasteiger partial charge in [-0.05, 0) is 107 Å². The molecule has 168 valence electrons. The number of hydrogen-bond donors (Lipinski definition) is 2. The zero-order valence-electron chi connectivity index (χ0n) is 19.9. The molecule has 0 bridgehead atoms. The Morgan fingerprint density at radius 2 is 1.97 bits per heavy atom. The SMILES string of the molecule is CC[C@H](CCC1CCCC2C1CC=C1C[C@@H](O)CC[C@@]12C)C(C)CCC(C)(C)O. The highest BCUT2D eigenvalue weighted by Crippen LogP contribution is 2.58. The Balaban J connectivity index is 1.60. The van der Waals surface area contributed by atoms with Gasteiger partial charge in [0.2, 0.25) is 0 Å². The van der Waals surface area contributed by atoms with Crippen LogP contribution in [0.2, 0.25) is 0 Å². The molecule has 0 aromatic heterocycles. The third-order valence-corrected chi connectivity index (χ3v) is 9.30. The summed E-state index contributed by atoms with van der Waals surface area (Å²) >= 11 is 0. The van der Waals surface area contributed by atoms with E-state index in [-0.39, 0.29) is 6.10 Å². The molecule has 3 aliphatic rings. The average Bonchev–Trinajstić information content (AvgIpc) is 2.67. The van der Waals surface area contributed by atoms with E-state index in [1.54, 1.807) is 5.57 Å². The van der Waals surface area contributed by atoms with Gasteiger partial charge in [0, 0.05) is 0 Å². The van der Waals surface area contributed by atoms with E-state index in [4.69, 9.17) is 0 Å². The highest BCUT2D eigenvalue weighted by Gasteiger charge is 2.49. The summed E-state index contributed by atoms with van der Waals surface area (Å²) in [4.78, 5) is 0. The molecular formula is C27H48O2. The van der Waals surface area contributed by atoms with Crippen LogP contribution in [0.3, 0.4) is 0 Å². The average molecular weight is 405 g/mol. The molecule has 0 spiro atoms. The van der Waals surface area contributed by atoms with E-state index in [0.29, 0.717) is 11.3 Å². The largest absolute Gasteiger partial charge is 0.393 e. The lowest BCUT2D eigenvalue weighted by molar-refractivity contribution is 0.00412. The summed E-state index contributed by atoms with van der Waals surface area (Å²) in [7, 11) is 0. The molecule has 3 rings (SSSR count). The summed E-state index contributed by atoms with van der Waals surface area (Å²) in [6.07, 6.45) is 17.2. The first kappa shape index (κ1) is 23.3. The summed E-state index contributed by atoms with van der Waals surface area (Å²) in [5.74, 6) is 4.12. The van der Waals surface area contributed by atoms with E-state index >= 15 is 0 Å². The highest BCUT2D eigenvalue weighted by atomic mass is 16.3. The van der Waals surface area contributed by atoms with Crippen LogP contribution in [0, 0.1) is 35.0 Å². The van der Waals surface area contributed by atoms with Gasteiger partial charge in [-0.25, -0.2) is 0 Å². The van der Waals surface area contributed by atoms with Gasteiger partial charge in [0.15, 0.2) is 0 Å².